The molecule has 1 N–H and O–H groups in total. The number of rotatable bonds is 10. The summed E-state index contributed by atoms with van der Waals surface area (Å²) in [5.41, 5.74) is 1.96. The van der Waals surface area contributed by atoms with Crippen LogP contribution in [0.3, 0.4) is 0 Å². The van der Waals surface area contributed by atoms with E-state index in [4.69, 9.17) is 12.2 Å². The van der Waals surface area contributed by atoms with Gasteiger partial charge in [-0.05, 0) is 36.5 Å². The van der Waals surface area contributed by atoms with Gasteiger partial charge in [-0.25, -0.2) is 0 Å². The molecule has 1 amide bonds. The zero-order valence-corrected chi connectivity index (χ0v) is 22.4. The molecule has 1 atom stereocenters. The molecule has 0 bridgehead atoms. The van der Waals surface area contributed by atoms with Gasteiger partial charge in [0.15, 0.2) is 0 Å². The van der Waals surface area contributed by atoms with Crippen LogP contribution in [-0.2, 0) is 18.4 Å². The fraction of sp³-hybridized carbons (Fsp3) is 0.407. The van der Waals surface area contributed by atoms with E-state index in [1.807, 2.05) is 36.4 Å². The number of nitrogens with one attached hydrogen (secondary N) is 1. The Labute approximate surface area is 217 Å². The molecular formula is C27H32N4O2S2. The molecular weight excluding hydrogens is 476 g/mol. The average molecular weight is 509 g/mol. The molecule has 6 nitrogen and oxygen atoms in total. The second-order valence-corrected chi connectivity index (χ2v) is 10.5. The maximum absolute atomic E-state index is 13.3. The summed E-state index contributed by atoms with van der Waals surface area (Å²) in [6.07, 6.45) is 6.10. The third kappa shape index (κ3) is 6.03. The number of anilines is 1. The van der Waals surface area contributed by atoms with E-state index < -0.39 is 0 Å². The first kappa shape index (κ1) is 26.7. The number of thiocarbonyl (C=S) groups is 1. The predicted molar refractivity (Wildman–Crippen MR) is 148 cm³/mol. The van der Waals surface area contributed by atoms with Crippen LogP contribution < -0.4 is 10.9 Å². The Kier molecular flexibility index (Phi) is 9.30. The van der Waals surface area contributed by atoms with Crippen LogP contribution in [0.2, 0.25) is 0 Å². The predicted octanol–water partition coefficient (Wildman–Crippen LogP) is 5.60. The molecule has 8 heteroatoms. The van der Waals surface area contributed by atoms with Crippen molar-refractivity contribution in [2.45, 2.75) is 53.0 Å². The molecule has 0 radical (unpaired) electrons. The van der Waals surface area contributed by atoms with Crippen molar-refractivity contribution in [1.82, 2.24) is 9.47 Å². The van der Waals surface area contributed by atoms with Gasteiger partial charge in [0.25, 0.3) is 11.5 Å². The highest BCUT2D eigenvalue weighted by molar-refractivity contribution is 8.26. The SMILES string of the molecule is CCCCC(CC)CN1C(=O)/C(=C\c2c(C)c(C#N)c(=O)n(C)c2NCc2ccccc2)SC1=S. The first-order valence-electron chi connectivity index (χ1n) is 12.0. The standard InChI is InChI=1S/C27H32N4O2S2/c1-5-7-11-19(6-2)17-31-26(33)23(35-27(31)34)14-21-18(3)22(15-28)25(32)30(4)24(21)29-16-20-12-9-8-10-13-20/h8-10,12-14,19,29H,5-7,11,16-17H2,1-4H3/b23-14+. The van der Waals surface area contributed by atoms with E-state index in [0.717, 1.165) is 31.2 Å². The van der Waals surface area contributed by atoms with Crippen LogP contribution in [0.15, 0.2) is 40.0 Å². The molecule has 0 aliphatic carbocycles. The largest absolute Gasteiger partial charge is 0.367 e. The molecule has 1 aromatic carbocycles. The fourth-order valence-electron chi connectivity index (χ4n) is 4.19. The first-order chi connectivity index (χ1) is 16.8. The third-order valence-corrected chi connectivity index (χ3v) is 7.81. The Bertz CT molecular complexity index is 1230. The molecule has 0 spiro atoms. The number of nitrogens with zero attached hydrogens (tertiary/aromatic N) is 3. The fourth-order valence-corrected chi connectivity index (χ4v) is 5.45. The van der Waals surface area contributed by atoms with Gasteiger partial charge >= 0.3 is 0 Å². The summed E-state index contributed by atoms with van der Waals surface area (Å²) < 4.78 is 2.00. The minimum Gasteiger partial charge on any atom is -0.367 e. The van der Waals surface area contributed by atoms with E-state index in [2.05, 4.69) is 19.2 Å². The lowest BCUT2D eigenvalue weighted by atomic mass is 9.99. The van der Waals surface area contributed by atoms with Crippen LogP contribution in [0, 0.1) is 24.2 Å². The molecule has 1 fully saturated rings. The monoisotopic (exact) mass is 508 g/mol. The second-order valence-electron chi connectivity index (χ2n) is 8.79. The molecule has 2 aromatic rings. The molecule has 1 unspecified atom stereocenters. The van der Waals surface area contributed by atoms with Crippen LogP contribution in [0.5, 0.6) is 0 Å². The normalized spacial score (nSPS) is 15.5. The Morgan fingerprint density at radius 2 is 1.94 bits per heavy atom. The summed E-state index contributed by atoms with van der Waals surface area (Å²) in [7, 11) is 1.64. The van der Waals surface area contributed by atoms with Gasteiger partial charge in [-0.15, -0.1) is 0 Å². The Morgan fingerprint density at radius 3 is 2.57 bits per heavy atom. The van der Waals surface area contributed by atoms with Crippen LogP contribution in [0.1, 0.15) is 61.8 Å². The maximum Gasteiger partial charge on any atom is 0.270 e. The molecule has 35 heavy (non-hydrogen) atoms. The van der Waals surface area contributed by atoms with Crippen molar-refractivity contribution in [3.05, 3.63) is 67.8 Å². The van der Waals surface area contributed by atoms with Crippen LogP contribution in [0.25, 0.3) is 6.08 Å². The molecule has 184 valence electrons. The molecule has 1 aromatic heterocycles. The number of carbonyl (C=O) groups is 1. The lowest BCUT2D eigenvalue weighted by molar-refractivity contribution is -0.122. The summed E-state index contributed by atoms with van der Waals surface area (Å²) in [6.45, 7) is 7.18. The van der Waals surface area contributed by atoms with Crippen molar-refractivity contribution in [3.8, 4) is 6.07 Å². The zero-order chi connectivity index (χ0) is 25.5. The van der Waals surface area contributed by atoms with Crippen molar-refractivity contribution in [1.29, 1.82) is 5.26 Å². The van der Waals surface area contributed by atoms with Crippen molar-refractivity contribution >= 4 is 46.1 Å². The summed E-state index contributed by atoms with van der Waals surface area (Å²) in [5.74, 6) is 0.857. The van der Waals surface area contributed by atoms with Crippen LogP contribution >= 0.6 is 24.0 Å². The Morgan fingerprint density at radius 1 is 1.23 bits per heavy atom. The molecule has 3 rings (SSSR count). The molecule has 2 heterocycles. The van der Waals surface area contributed by atoms with E-state index in [1.165, 1.54) is 16.3 Å². The van der Waals surface area contributed by atoms with Gasteiger partial charge in [0, 0.05) is 25.7 Å². The van der Waals surface area contributed by atoms with Crippen molar-refractivity contribution < 1.29 is 4.79 Å². The maximum atomic E-state index is 13.3. The summed E-state index contributed by atoms with van der Waals surface area (Å²) in [6, 6.07) is 11.9. The lowest BCUT2D eigenvalue weighted by Gasteiger charge is -2.22. The van der Waals surface area contributed by atoms with Crippen molar-refractivity contribution in [2.24, 2.45) is 13.0 Å². The minimum atomic E-state index is -0.369. The topological polar surface area (TPSA) is 78.1 Å². The number of pyridine rings is 1. The van der Waals surface area contributed by atoms with E-state index >= 15 is 0 Å². The van der Waals surface area contributed by atoms with Gasteiger partial charge in [0.2, 0.25) is 0 Å². The highest BCUT2D eigenvalue weighted by atomic mass is 32.2. The number of aromatic nitrogens is 1. The first-order valence-corrected chi connectivity index (χ1v) is 13.2. The number of unbranched alkanes of at least 4 members (excludes halogenated alkanes) is 1. The summed E-state index contributed by atoms with van der Waals surface area (Å²) in [5, 5.41) is 13.0. The van der Waals surface area contributed by atoms with Crippen LogP contribution in [0.4, 0.5) is 5.82 Å². The quantitative estimate of drug-likeness (QED) is 0.333. The lowest BCUT2D eigenvalue weighted by Crippen LogP contribution is -2.33. The zero-order valence-electron chi connectivity index (χ0n) is 20.8. The molecule has 1 aliphatic heterocycles. The summed E-state index contributed by atoms with van der Waals surface area (Å²) >= 11 is 6.85. The molecule has 1 aliphatic rings. The van der Waals surface area contributed by atoms with Crippen LogP contribution in [-0.4, -0.2) is 26.2 Å². The Balaban J connectivity index is 1.98. The van der Waals surface area contributed by atoms with Gasteiger partial charge in [-0.1, -0.05) is 87.4 Å². The number of amides is 1. The average Bonchev–Trinajstić information content (AvgIpc) is 3.12. The number of hydrogen-bond acceptors (Lipinski definition) is 6. The third-order valence-electron chi connectivity index (χ3n) is 6.44. The van der Waals surface area contributed by atoms with E-state index in [9.17, 15) is 14.9 Å². The van der Waals surface area contributed by atoms with E-state index in [-0.39, 0.29) is 17.0 Å². The summed E-state index contributed by atoms with van der Waals surface area (Å²) in [4.78, 5) is 28.4. The highest BCUT2D eigenvalue weighted by Crippen LogP contribution is 2.36. The van der Waals surface area contributed by atoms with Gasteiger partial charge in [0.05, 0.1) is 4.91 Å². The number of carbonyl (C=O) groups excluding carboxylic acids is 1. The Hall–Kier alpha value is -2.89. The van der Waals surface area contributed by atoms with E-state index in [1.54, 1.807) is 24.9 Å². The van der Waals surface area contributed by atoms with Gasteiger partial charge in [-0.2, -0.15) is 5.26 Å². The smallest absolute Gasteiger partial charge is 0.270 e. The van der Waals surface area contributed by atoms with Gasteiger partial charge in [-0.3, -0.25) is 19.1 Å². The second kappa shape index (κ2) is 12.2. The van der Waals surface area contributed by atoms with Crippen molar-refractivity contribution in [3.63, 3.8) is 0 Å². The molecule has 1 saturated heterocycles. The van der Waals surface area contributed by atoms with E-state index in [0.29, 0.717) is 45.2 Å². The number of thioether (sulfide) groups is 1. The number of benzene rings is 1. The van der Waals surface area contributed by atoms with Crippen molar-refractivity contribution in [2.75, 3.05) is 11.9 Å². The van der Waals surface area contributed by atoms with Gasteiger partial charge < -0.3 is 5.32 Å². The van der Waals surface area contributed by atoms with Gasteiger partial charge in [0.1, 0.15) is 21.8 Å². The number of nitriles is 1. The highest BCUT2D eigenvalue weighted by Gasteiger charge is 2.34. The number of hydrogen-bond donors (Lipinski definition) is 1. The molecule has 0 saturated carbocycles. The minimum absolute atomic E-state index is 0.0742.